The lowest BCUT2D eigenvalue weighted by Gasteiger charge is -2.12. The summed E-state index contributed by atoms with van der Waals surface area (Å²) in [7, 11) is 0. The van der Waals surface area contributed by atoms with Crippen molar-refractivity contribution in [2.75, 3.05) is 10.6 Å². The first-order valence-corrected chi connectivity index (χ1v) is 10.2. The van der Waals surface area contributed by atoms with E-state index in [0.29, 0.717) is 21.4 Å². The fourth-order valence-corrected chi connectivity index (χ4v) is 3.75. The van der Waals surface area contributed by atoms with Gasteiger partial charge in [-0.05, 0) is 54.8 Å². The fraction of sp³-hybridized carbons (Fsp3) is 0.105. The van der Waals surface area contributed by atoms with Crippen LogP contribution in [0.3, 0.4) is 0 Å². The van der Waals surface area contributed by atoms with E-state index >= 15 is 0 Å². The summed E-state index contributed by atoms with van der Waals surface area (Å²) in [6.07, 6.45) is 1.48. The molecule has 0 spiro atoms. The first-order valence-electron chi connectivity index (χ1n) is 8.05. The molecule has 0 fully saturated rings. The number of carbonyl (C=O) groups is 2. The van der Waals surface area contributed by atoms with Gasteiger partial charge in [0, 0.05) is 16.8 Å². The number of nitrogens with one attached hydrogen (secondary N) is 2. The second-order valence-corrected chi connectivity index (χ2v) is 8.37. The number of rotatable bonds is 6. The Bertz CT molecular complexity index is 913. The van der Waals surface area contributed by atoms with E-state index in [4.69, 9.17) is 11.6 Å². The van der Waals surface area contributed by atoms with Crippen molar-refractivity contribution in [3.63, 3.8) is 0 Å². The number of thiophene rings is 1. The van der Waals surface area contributed by atoms with Gasteiger partial charge in [-0.2, -0.15) is 0 Å². The molecule has 1 aromatic carbocycles. The van der Waals surface area contributed by atoms with E-state index in [-0.39, 0.29) is 17.1 Å². The van der Waals surface area contributed by atoms with Gasteiger partial charge in [0.05, 0.1) is 15.1 Å². The molecule has 0 aliphatic heterocycles. The van der Waals surface area contributed by atoms with Gasteiger partial charge in [0.25, 0.3) is 5.91 Å². The number of aromatic nitrogens is 1. The normalized spacial score (nSPS) is 11.6. The van der Waals surface area contributed by atoms with Crippen molar-refractivity contribution < 1.29 is 9.59 Å². The Kier molecular flexibility index (Phi) is 6.49. The molecule has 0 saturated heterocycles. The number of halogens is 1. The first-order chi connectivity index (χ1) is 13.0. The van der Waals surface area contributed by atoms with Crippen LogP contribution in [-0.2, 0) is 4.79 Å². The molecule has 2 aromatic heterocycles. The lowest BCUT2D eigenvalue weighted by atomic mass is 10.3. The molecule has 2 amide bonds. The number of hydrogen-bond acceptors (Lipinski definition) is 5. The highest BCUT2D eigenvalue weighted by Crippen LogP contribution is 2.26. The Hall–Kier alpha value is -2.35. The molecule has 138 valence electrons. The van der Waals surface area contributed by atoms with E-state index < -0.39 is 0 Å². The lowest BCUT2D eigenvalue weighted by molar-refractivity contribution is -0.115. The van der Waals surface area contributed by atoms with Gasteiger partial charge in [0.2, 0.25) is 5.91 Å². The summed E-state index contributed by atoms with van der Waals surface area (Å²) in [4.78, 5) is 30.0. The van der Waals surface area contributed by atoms with Crippen LogP contribution in [0.2, 0.25) is 5.02 Å². The maximum atomic E-state index is 12.3. The molecule has 0 radical (unpaired) electrons. The Morgan fingerprint density at radius 3 is 2.52 bits per heavy atom. The molecular weight excluding hydrogens is 402 g/mol. The van der Waals surface area contributed by atoms with Crippen LogP contribution in [0.1, 0.15) is 16.6 Å². The minimum Gasteiger partial charge on any atom is -0.321 e. The van der Waals surface area contributed by atoms with Crippen LogP contribution < -0.4 is 10.6 Å². The third kappa shape index (κ3) is 5.56. The second kappa shape index (κ2) is 9.03. The summed E-state index contributed by atoms with van der Waals surface area (Å²) in [5, 5.41) is 7.67. The Labute approximate surface area is 170 Å². The van der Waals surface area contributed by atoms with Crippen LogP contribution in [0.25, 0.3) is 0 Å². The van der Waals surface area contributed by atoms with Crippen molar-refractivity contribution >= 4 is 58.0 Å². The van der Waals surface area contributed by atoms with Crippen molar-refractivity contribution in [1.29, 1.82) is 0 Å². The molecule has 0 aliphatic carbocycles. The number of thioether (sulfide) groups is 1. The molecule has 5 nitrogen and oxygen atoms in total. The fourth-order valence-electron chi connectivity index (χ4n) is 2.15. The van der Waals surface area contributed by atoms with E-state index in [9.17, 15) is 9.59 Å². The van der Waals surface area contributed by atoms with Gasteiger partial charge in [0.15, 0.2) is 0 Å². The first kappa shape index (κ1) is 19.4. The summed E-state index contributed by atoms with van der Waals surface area (Å²) in [5.74, 6) is 0.182. The number of amides is 2. The number of hydrogen-bond donors (Lipinski definition) is 2. The minimum absolute atomic E-state index is 0.131. The molecule has 2 N–H and O–H groups in total. The van der Waals surface area contributed by atoms with Gasteiger partial charge in [-0.3, -0.25) is 9.59 Å². The monoisotopic (exact) mass is 417 g/mol. The molecule has 8 heteroatoms. The van der Waals surface area contributed by atoms with Gasteiger partial charge in [0.1, 0.15) is 5.82 Å². The second-order valence-electron chi connectivity index (χ2n) is 5.57. The van der Waals surface area contributed by atoms with E-state index in [1.54, 1.807) is 18.2 Å². The highest BCUT2D eigenvalue weighted by atomic mass is 35.5. The number of benzene rings is 1. The zero-order valence-electron chi connectivity index (χ0n) is 14.3. The van der Waals surface area contributed by atoms with E-state index in [0.717, 1.165) is 4.90 Å². The highest BCUT2D eigenvalue weighted by Gasteiger charge is 2.15. The van der Waals surface area contributed by atoms with Crippen LogP contribution >= 0.6 is 34.7 Å². The van der Waals surface area contributed by atoms with Gasteiger partial charge >= 0.3 is 0 Å². The van der Waals surface area contributed by atoms with E-state index in [1.165, 1.54) is 29.3 Å². The van der Waals surface area contributed by atoms with Crippen LogP contribution in [0.5, 0.6) is 0 Å². The number of pyridine rings is 1. The van der Waals surface area contributed by atoms with Crippen molar-refractivity contribution in [1.82, 2.24) is 4.98 Å². The average molecular weight is 418 g/mol. The molecule has 27 heavy (non-hydrogen) atoms. The van der Waals surface area contributed by atoms with Crippen LogP contribution in [0.4, 0.5) is 11.5 Å². The summed E-state index contributed by atoms with van der Waals surface area (Å²) in [6.45, 7) is 1.82. The Morgan fingerprint density at radius 2 is 1.89 bits per heavy atom. The van der Waals surface area contributed by atoms with Crippen LogP contribution in [0, 0.1) is 0 Å². The zero-order valence-corrected chi connectivity index (χ0v) is 16.7. The molecular formula is C19H16ClN3O2S2. The number of anilines is 2. The van der Waals surface area contributed by atoms with Gasteiger partial charge in [-0.15, -0.1) is 23.1 Å². The predicted molar refractivity (Wildman–Crippen MR) is 112 cm³/mol. The third-order valence-electron chi connectivity index (χ3n) is 3.52. The third-order valence-corrected chi connectivity index (χ3v) is 5.72. The molecule has 3 rings (SSSR count). The predicted octanol–water partition coefficient (Wildman–Crippen LogP) is 5.17. The number of carbonyl (C=O) groups excluding carboxylic acids is 2. The molecule has 0 saturated carbocycles. The van der Waals surface area contributed by atoms with Gasteiger partial charge < -0.3 is 10.6 Å². The average Bonchev–Trinajstić information content (AvgIpc) is 3.20. The summed E-state index contributed by atoms with van der Waals surface area (Å²) in [5.41, 5.74) is 0.709. The van der Waals surface area contributed by atoms with E-state index in [1.807, 2.05) is 42.6 Å². The molecule has 1 atom stereocenters. The van der Waals surface area contributed by atoms with Crippen molar-refractivity contribution in [2.45, 2.75) is 17.1 Å². The maximum Gasteiger partial charge on any atom is 0.265 e. The molecule has 1 unspecified atom stereocenters. The summed E-state index contributed by atoms with van der Waals surface area (Å²) in [6, 6.07) is 14.3. The van der Waals surface area contributed by atoms with Crippen molar-refractivity contribution in [3.05, 3.63) is 70.0 Å². The highest BCUT2D eigenvalue weighted by molar-refractivity contribution is 8.00. The summed E-state index contributed by atoms with van der Waals surface area (Å²) < 4.78 is 0. The van der Waals surface area contributed by atoms with Crippen LogP contribution in [-0.4, -0.2) is 22.0 Å². The Morgan fingerprint density at radius 1 is 1.11 bits per heavy atom. The van der Waals surface area contributed by atoms with Crippen molar-refractivity contribution in [2.24, 2.45) is 0 Å². The van der Waals surface area contributed by atoms with Gasteiger partial charge in [-0.25, -0.2) is 4.98 Å². The standard InChI is InChI=1S/C19H16ClN3O2S2/c1-12(18(24)23-17-9-4-13(20)11-21-17)27-15-7-5-14(6-8-15)22-19(25)16-3-2-10-26-16/h2-12H,1H3,(H,22,25)(H,21,23,24). The molecule has 0 bridgehead atoms. The van der Waals surface area contributed by atoms with Gasteiger partial charge in [-0.1, -0.05) is 17.7 Å². The minimum atomic E-state index is -0.311. The summed E-state index contributed by atoms with van der Waals surface area (Å²) >= 11 is 8.60. The Balaban J connectivity index is 1.54. The molecule has 2 heterocycles. The SMILES string of the molecule is CC(Sc1ccc(NC(=O)c2cccs2)cc1)C(=O)Nc1ccc(Cl)cn1. The smallest absolute Gasteiger partial charge is 0.265 e. The zero-order chi connectivity index (χ0) is 19.2. The molecule has 0 aliphatic rings. The number of nitrogens with zero attached hydrogens (tertiary/aromatic N) is 1. The quantitative estimate of drug-likeness (QED) is 0.543. The van der Waals surface area contributed by atoms with Crippen LogP contribution in [0.15, 0.2) is 65.0 Å². The van der Waals surface area contributed by atoms with E-state index in [2.05, 4.69) is 15.6 Å². The molecule has 3 aromatic rings. The van der Waals surface area contributed by atoms with Crippen molar-refractivity contribution in [3.8, 4) is 0 Å². The topological polar surface area (TPSA) is 71.1 Å². The lowest BCUT2D eigenvalue weighted by Crippen LogP contribution is -2.22. The maximum absolute atomic E-state index is 12.3. The largest absolute Gasteiger partial charge is 0.321 e.